The third-order valence-corrected chi connectivity index (χ3v) is 2.84. The Hall–Kier alpha value is -1.67. The van der Waals surface area contributed by atoms with Crippen LogP contribution >= 0.6 is 0 Å². The SMILES string of the molecule is O=C=NCc1c(F)cccc1N1CCCC1. The number of aliphatic imine (C=N–C) groups is 1. The number of hydrogen-bond donors (Lipinski definition) is 0. The van der Waals surface area contributed by atoms with Crippen LogP contribution in [0.1, 0.15) is 18.4 Å². The highest BCUT2D eigenvalue weighted by molar-refractivity contribution is 5.55. The van der Waals surface area contributed by atoms with Crippen molar-refractivity contribution in [3.05, 3.63) is 29.6 Å². The van der Waals surface area contributed by atoms with E-state index in [0.29, 0.717) is 5.56 Å². The van der Waals surface area contributed by atoms with Gasteiger partial charge in [0.2, 0.25) is 6.08 Å². The monoisotopic (exact) mass is 220 g/mol. The summed E-state index contributed by atoms with van der Waals surface area (Å²) in [4.78, 5) is 15.7. The van der Waals surface area contributed by atoms with Crippen molar-refractivity contribution in [3.8, 4) is 0 Å². The van der Waals surface area contributed by atoms with E-state index in [4.69, 9.17) is 0 Å². The zero-order valence-electron chi connectivity index (χ0n) is 8.95. The second-order valence-corrected chi connectivity index (χ2v) is 3.84. The van der Waals surface area contributed by atoms with Crippen molar-refractivity contribution in [1.29, 1.82) is 0 Å². The first-order valence-corrected chi connectivity index (χ1v) is 5.39. The minimum atomic E-state index is -0.302. The second-order valence-electron chi connectivity index (χ2n) is 3.84. The van der Waals surface area contributed by atoms with E-state index in [1.54, 1.807) is 6.07 Å². The molecule has 0 bridgehead atoms. The molecule has 1 aliphatic heterocycles. The van der Waals surface area contributed by atoms with Crippen LogP contribution in [0.25, 0.3) is 0 Å². The molecule has 0 unspecified atom stereocenters. The minimum absolute atomic E-state index is 0.0714. The van der Waals surface area contributed by atoms with Crippen LogP contribution in [0.15, 0.2) is 23.2 Å². The van der Waals surface area contributed by atoms with Gasteiger partial charge >= 0.3 is 0 Å². The standard InChI is InChI=1S/C12H13FN2O/c13-11-4-3-5-12(10(11)8-14-9-16)15-6-1-2-7-15/h3-5H,1-2,6-8H2. The highest BCUT2D eigenvalue weighted by atomic mass is 19.1. The van der Waals surface area contributed by atoms with Crippen molar-refractivity contribution in [1.82, 2.24) is 0 Å². The van der Waals surface area contributed by atoms with E-state index in [1.807, 2.05) is 6.07 Å². The number of rotatable bonds is 3. The van der Waals surface area contributed by atoms with E-state index in [2.05, 4.69) is 9.89 Å². The van der Waals surface area contributed by atoms with Crippen LogP contribution in [0, 0.1) is 5.82 Å². The van der Waals surface area contributed by atoms with Crippen LogP contribution in [-0.2, 0) is 11.3 Å². The molecule has 0 spiro atoms. The molecule has 0 N–H and O–H groups in total. The number of carbonyl (C=O) groups excluding carboxylic acids is 1. The molecule has 2 rings (SSSR count). The van der Waals surface area contributed by atoms with Gasteiger partial charge in [-0.25, -0.2) is 14.2 Å². The molecule has 84 valence electrons. The predicted molar refractivity (Wildman–Crippen MR) is 59.7 cm³/mol. The molecule has 4 heteroatoms. The summed E-state index contributed by atoms with van der Waals surface area (Å²) in [6, 6.07) is 4.97. The lowest BCUT2D eigenvalue weighted by Crippen LogP contribution is -2.19. The maximum atomic E-state index is 13.6. The smallest absolute Gasteiger partial charge is 0.235 e. The Labute approximate surface area is 93.6 Å². The van der Waals surface area contributed by atoms with Crippen LogP contribution in [0.3, 0.4) is 0 Å². The molecule has 1 aromatic rings. The normalized spacial score (nSPS) is 14.9. The summed E-state index contributed by atoms with van der Waals surface area (Å²) in [5.74, 6) is -0.302. The first-order chi connectivity index (χ1) is 7.83. The van der Waals surface area contributed by atoms with Crippen LogP contribution in [-0.4, -0.2) is 19.2 Å². The molecule has 0 aromatic heterocycles. The van der Waals surface area contributed by atoms with Crippen LogP contribution < -0.4 is 4.90 Å². The van der Waals surface area contributed by atoms with Crippen molar-refractivity contribution in [2.24, 2.45) is 4.99 Å². The van der Waals surface area contributed by atoms with Crippen LogP contribution in [0.5, 0.6) is 0 Å². The zero-order chi connectivity index (χ0) is 11.4. The largest absolute Gasteiger partial charge is 0.371 e. The van der Waals surface area contributed by atoms with E-state index in [0.717, 1.165) is 31.6 Å². The molecule has 1 saturated heterocycles. The minimum Gasteiger partial charge on any atom is -0.371 e. The van der Waals surface area contributed by atoms with Gasteiger partial charge in [0.25, 0.3) is 0 Å². The Morgan fingerprint density at radius 3 is 2.81 bits per heavy atom. The summed E-state index contributed by atoms with van der Waals surface area (Å²) in [7, 11) is 0. The highest BCUT2D eigenvalue weighted by Gasteiger charge is 2.17. The van der Waals surface area contributed by atoms with E-state index < -0.39 is 0 Å². The van der Waals surface area contributed by atoms with E-state index in [9.17, 15) is 9.18 Å². The highest BCUT2D eigenvalue weighted by Crippen LogP contribution is 2.27. The fourth-order valence-corrected chi connectivity index (χ4v) is 2.07. The van der Waals surface area contributed by atoms with Crippen molar-refractivity contribution in [2.45, 2.75) is 19.4 Å². The first-order valence-electron chi connectivity index (χ1n) is 5.39. The number of halogens is 1. The molecule has 1 aromatic carbocycles. The van der Waals surface area contributed by atoms with Gasteiger partial charge in [-0.05, 0) is 25.0 Å². The average Bonchev–Trinajstić information content (AvgIpc) is 2.80. The summed E-state index contributed by atoms with van der Waals surface area (Å²) in [5.41, 5.74) is 1.35. The molecule has 0 atom stereocenters. The number of nitrogens with zero attached hydrogens (tertiary/aromatic N) is 2. The van der Waals surface area contributed by atoms with Crippen molar-refractivity contribution in [2.75, 3.05) is 18.0 Å². The Balaban J connectivity index is 2.34. The summed E-state index contributed by atoms with van der Waals surface area (Å²) >= 11 is 0. The molecule has 0 saturated carbocycles. The maximum absolute atomic E-state index is 13.6. The molecule has 0 amide bonds. The van der Waals surface area contributed by atoms with Crippen molar-refractivity contribution >= 4 is 11.8 Å². The maximum Gasteiger partial charge on any atom is 0.235 e. The predicted octanol–water partition coefficient (Wildman–Crippen LogP) is 2.26. The Kier molecular flexibility index (Phi) is 3.32. The van der Waals surface area contributed by atoms with Gasteiger partial charge in [0.1, 0.15) is 5.82 Å². The van der Waals surface area contributed by atoms with E-state index >= 15 is 0 Å². The number of hydrogen-bond acceptors (Lipinski definition) is 3. The second kappa shape index (κ2) is 4.90. The van der Waals surface area contributed by atoms with Crippen molar-refractivity contribution < 1.29 is 9.18 Å². The number of benzene rings is 1. The lowest BCUT2D eigenvalue weighted by Gasteiger charge is -2.20. The van der Waals surface area contributed by atoms with E-state index in [1.165, 1.54) is 12.1 Å². The van der Waals surface area contributed by atoms with Gasteiger partial charge < -0.3 is 4.90 Å². The lowest BCUT2D eigenvalue weighted by molar-refractivity contribution is 0.561. The summed E-state index contributed by atoms with van der Waals surface area (Å²) < 4.78 is 13.6. The first kappa shape index (κ1) is 10.8. The fraction of sp³-hybridized carbons (Fsp3) is 0.417. The Morgan fingerprint density at radius 2 is 2.12 bits per heavy atom. The van der Waals surface area contributed by atoms with Gasteiger partial charge in [-0.1, -0.05) is 6.07 Å². The quantitative estimate of drug-likeness (QED) is 0.578. The molecule has 0 aliphatic carbocycles. The van der Waals surface area contributed by atoms with Gasteiger partial charge in [0.05, 0.1) is 6.54 Å². The van der Waals surface area contributed by atoms with E-state index in [-0.39, 0.29) is 12.4 Å². The van der Waals surface area contributed by atoms with Gasteiger partial charge in [0.15, 0.2) is 0 Å². The molecule has 3 nitrogen and oxygen atoms in total. The van der Waals surface area contributed by atoms with Gasteiger partial charge in [0, 0.05) is 24.3 Å². The Morgan fingerprint density at radius 1 is 1.38 bits per heavy atom. The molecule has 1 heterocycles. The summed E-state index contributed by atoms with van der Waals surface area (Å²) in [6.07, 6.45) is 3.71. The van der Waals surface area contributed by atoms with Crippen molar-refractivity contribution in [3.63, 3.8) is 0 Å². The molecular weight excluding hydrogens is 207 g/mol. The lowest BCUT2D eigenvalue weighted by atomic mass is 10.1. The molecule has 1 fully saturated rings. The fourth-order valence-electron chi connectivity index (χ4n) is 2.07. The number of anilines is 1. The summed E-state index contributed by atoms with van der Waals surface area (Å²) in [6.45, 7) is 1.96. The third kappa shape index (κ3) is 2.12. The zero-order valence-corrected chi connectivity index (χ0v) is 8.95. The molecule has 0 radical (unpaired) electrons. The summed E-state index contributed by atoms with van der Waals surface area (Å²) in [5, 5.41) is 0. The van der Waals surface area contributed by atoms with Gasteiger partial charge in [-0.15, -0.1) is 0 Å². The molecule has 1 aliphatic rings. The van der Waals surface area contributed by atoms with Crippen LogP contribution in [0.2, 0.25) is 0 Å². The topological polar surface area (TPSA) is 32.7 Å². The Bertz CT molecular complexity index is 421. The molecule has 16 heavy (non-hydrogen) atoms. The molecular formula is C12H13FN2O. The third-order valence-electron chi connectivity index (χ3n) is 2.84. The average molecular weight is 220 g/mol. The van der Waals surface area contributed by atoms with Gasteiger partial charge in [-0.3, -0.25) is 0 Å². The number of isocyanates is 1. The van der Waals surface area contributed by atoms with Gasteiger partial charge in [-0.2, -0.15) is 0 Å². The van der Waals surface area contributed by atoms with Crippen LogP contribution in [0.4, 0.5) is 10.1 Å².